The average Bonchev–Trinajstić information content (AvgIpc) is 2.49. The molecule has 0 radical (unpaired) electrons. The fourth-order valence-corrected chi connectivity index (χ4v) is 1.69. The van der Waals surface area contributed by atoms with E-state index in [4.69, 9.17) is 0 Å². The molecule has 0 saturated carbocycles. The second-order valence-electron chi connectivity index (χ2n) is 4.41. The number of nitrogens with zero attached hydrogens (tertiary/aromatic N) is 1. The first kappa shape index (κ1) is 14.5. The van der Waals surface area contributed by atoms with Crippen molar-refractivity contribution in [3.8, 4) is 0 Å². The van der Waals surface area contributed by atoms with Gasteiger partial charge in [0.05, 0.1) is 11.3 Å². The number of hydrogen-bond donors (Lipinski definition) is 2. The van der Waals surface area contributed by atoms with Crippen LogP contribution in [0.4, 0.5) is 11.4 Å². The lowest BCUT2D eigenvalue weighted by Crippen LogP contribution is -2.16. The van der Waals surface area contributed by atoms with Crippen molar-refractivity contribution >= 4 is 23.5 Å². The number of carbonyl (C=O) groups excluding carboxylic acids is 1. The maximum Gasteiger partial charge on any atom is 0.260 e. The molecule has 1 amide bonds. The average molecular weight is 280 g/mol. The molecule has 0 heterocycles. The molecule has 0 saturated heterocycles. The van der Waals surface area contributed by atoms with Gasteiger partial charge in [-0.3, -0.25) is 9.79 Å². The minimum absolute atomic E-state index is 0.0805. The zero-order valence-electron chi connectivity index (χ0n) is 11.7. The molecule has 0 atom stereocenters. The van der Waals surface area contributed by atoms with E-state index in [1.807, 2.05) is 48.5 Å². The van der Waals surface area contributed by atoms with Gasteiger partial charge in [-0.05, 0) is 31.2 Å². The summed E-state index contributed by atoms with van der Waals surface area (Å²) in [7, 11) is 0. The fourth-order valence-electron chi connectivity index (χ4n) is 1.69. The molecule has 0 unspecified atom stereocenters. The van der Waals surface area contributed by atoms with Crippen LogP contribution in [0.25, 0.3) is 0 Å². The highest BCUT2D eigenvalue weighted by atomic mass is 16.3. The Kier molecular flexibility index (Phi) is 4.88. The summed E-state index contributed by atoms with van der Waals surface area (Å²) in [5.41, 5.74) is 1.50. The monoisotopic (exact) mass is 280 g/mol. The van der Waals surface area contributed by atoms with E-state index in [0.717, 1.165) is 0 Å². The summed E-state index contributed by atoms with van der Waals surface area (Å²) in [6, 6.07) is 18.3. The second-order valence-corrected chi connectivity index (χ2v) is 4.41. The Hall–Kier alpha value is -2.88. The summed E-state index contributed by atoms with van der Waals surface area (Å²) in [6.45, 7) is 1.46. The summed E-state index contributed by atoms with van der Waals surface area (Å²) in [6.07, 6.45) is 1.36. The molecule has 0 fully saturated rings. The third kappa shape index (κ3) is 4.31. The highest BCUT2D eigenvalue weighted by Crippen LogP contribution is 2.12. The van der Waals surface area contributed by atoms with Crippen LogP contribution in [0.15, 0.2) is 77.0 Å². The normalized spacial score (nSPS) is 12.0. The van der Waals surface area contributed by atoms with E-state index in [1.54, 1.807) is 12.1 Å². The van der Waals surface area contributed by atoms with Crippen LogP contribution in [0.3, 0.4) is 0 Å². The van der Waals surface area contributed by atoms with Crippen molar-refractivity contribution in [3.05, 3.63) is 72.0 Å². The molecule has 0 bridgehead atoms. The molecule has 0 aliphatic carbocycles. The van der Waals surface area contributed by atoms with Crippen molar-refractivity contribution in [2.24, 2.45) is 4.99 Å². The third-order valence-corrected chi connectivity index (χ3v) is 2.76. The predicted octanol–water partition coefficient (Wildman–Crippen LogP) is 3.86. The number of anilines is 1. The van der Waals surface area contributed by atoms with Crippen LogP contribution in [-0.4, -0.2) is 17.2 Å². The van der Waals surface area contributed by atoms with Crippen LogP contribution in [0.2, 0.25) is 0 Å². The van der Waals surface area contributed by atoms with Gasteiger partial charge < -0.3 is 10.4 Å². The Morgan fingerprint density at radius 2 is 1.62 bits per heavy atom. The third-order valence-electron chi connectivity index (χ3n) is 2.76. The lowest BCUT2D eigenvalue weighted by Gasteiger charge is -2.06. The number of benzene rings is 2. The van der Waals surface area contributed by atoms with Crippen molar-refractivity contribution in [2.75, 3.05) is 5.32 Å². The molecule has 106 valence electrons. The molecule has 2 N–H and O–H groups in total. The number of allylic oxidation sites excluding steroid dienone is 1. The number of para-hydroxylation sites is 2. The summed E-state index contributed by atoms with van der Waals surface area (Å²) >= 11 is 0. The van der Waals surface area contributed by atoms with E-state index >= 15 is 0 Å². The van der Waals surface area contributed by atoms with Gasteiger partial charge in [-0.15, -0.1) is 0 Å². The lowest BCUT2D eigenvalue weighted by atomic mass is 10.2. The van der Waals surface area contributed by atoms with E-state index in [2.05, 4.69) is 10.3 Å². The van der Waals surface area contributed by atoms with Gasteiger partial charge in [-0.1, -0.05) is 36.4 Å². The highest BCUT2D eigenvalue weighted by Gasteiger charge is 2.11. The van der Waals surface area contributed by atoms with Gasteiger partial charge in [0.15, 0.2) is 0 Å². The molecule has 0 aromatic heterocycles. The quantitative estimate of drug-likeness (QED) is 0.507. The minimum atomic E-state index is -0.402. The highest BCUT2D eigenvalue weighted by molar-refractivity contribution is 6.18. The molecular weight excluding hydrogens is 264 g/mol. The van der Waals surface area contributed by atoms with E-state index in [0.29, 0.717) is 11.4 Å². The van der Waals surface area contributed by atoms with Crippen molar-refractivity contribution in [3.63, 3.8) is 0 Å². The molecular formula is C17H16N2O2. The number of nitrogens with one attached hydrogen (secondary N) is 1. The molecule has 0 aliphatic heterocycles. The van der Waals surface area contributed by atoms with Crippen LogP contribution in [0, 0.1) is 0 Å². The van der Waals surface area contributed by atoms with Crippen LogP contribution in [-0.2, 0) is 4.79 Å². The number of carbonyl (C=O) groups is 1. The lowest BCUT2D eigenvalue weighted by molar-refractivity contribution is -0.112. The standard InChI is InChI=1S/C17H16N2O2/c1-13(20)16(12-18-14-8-4-2-5-9-14)17(21)19-15-10-6-3-7-11-15/h2-12,20H,1H3,(H,19,21)/b16-13+,18-12?. The Bertz CT molecular complexity index is 658. The number of aliphatic hydroxyl groups excluding tert-OH is 1. The van der Waals surface area contributed by atoms with Crippen molar-refractivity contribution in [1.82, 2.24) is 0 Å². The molecule has 0 aliphatic rings. The predicted molar refractivity (Wildman–Crippen MR) is 85.0 cm³/mol. The zero-order valence-corrected chi connectivity index (χ0v) is 11.7. The topological polar surface area (TPSA) is 61.7 Å². The van der Waals surface area contributed by atoms with Gasteiger partial charge in [-0.25, -0.2) is 0 Å². The molecule has 4 nitrogen and oxygen atoms in total. The number of rotatable bonds is 4. The molecule has 4 heteroatoms. The molecule has 2 aromatic carbocycles. The van der Waals surface area contributed by atoms with Crippen molar-refractivity contribution in [2.45, 2.75) is 6.92 Å². The van der Waals surface area contributed by atoms with Gasteiger partial charge in [0.25, 0.3) is 5.91 Å². The van der Waals surface area contributed by atoms with Gasteiger partial charge in [0, 0.05) is 11.9 Å². The van der Waals surface area contributed by atoms with Gasteiger partial charge >= 0.3 is 0 Å². The number of hydrogen-bond acceptors (Lipinski definition) is 3. The number of aliphatic hydroxyl groups is 1. The maximum absolute atomic E-state index is 12.2. The molecule has 2 rings (SSSR count). The maximum atomic E-state index is 12.2. The zero-order chi connectivity index (χ0) is 15.1. The minimum Gasteiger partial charge on any atom is -0.512 e. The summed E-state index contributed by atoms with van der Waals surface area (Å²) in [4.78, 5) is 16.3. The van der Waals surface area contributed by atoms with Gasteiger partial charge in [-0.2, -0.15) is 0 Å². The van der Waals surface area contributed by atoms with E-state index in [9.17, 15) is 9.90 Å². The van der Waals surface area contributed by atoms with Crippen LogP contribution >= 0.6 is 0 Å². The molecule has 2 aromatic rings. The van der Waals surface area contributed by atoms with E-state index in [-0.39, 0.29) is 11.3 Å². The summed E-state index contributed by atoms with van der Waals surface area (Å²) < 4.78 is 0. The van der Waals surface area contributed by atoms with E-state index in [1.165, 1.54) is 13.1 Å². The molecule has 0 spiro atoms. The molecule has 21 heavy (non-hydrogen) atoms. The summed E-state index contributed by atoms with van der Waals surface area (Å²) in [5.74, 6) is -0.482. The Morgan fingerprint density at radius 1 is 1.05 bits per heavy atom. The Balaban J connectivity index is 2.15. The van der Waals surface area contributed by atoms with Crippen molar-refractivity contribution in [1.29, 1.82) is 0 Å². The first-order chi connectivity index (χ1) is 10.2. The van der Waals surface area contributed by atoms with Crippen LogP contribution in [0.1, 0.15) is 6.92 Å². The number of aliphatic imine (C=N–C) groups is 1. The van der Waals surface area contributed by atoms with Crippen molar-refractivity contribution < 1.29 is 9.90 Å². The van der Waals surface area contributed by atoms with Gasteiger partial charge in [0.1, 0.15) is 5.76 Å². The van der Waals surface area contributed by atoms with Crippen LogP contribution < -0.4 is 5.32 Å². The first-order valence-electron chi connectivity index (χ1n) is 6.52. The largest absolute Gasteiger partial charge is 0.512 e. The van der Waals surface area contributed by atoms with E-state index < -0.39 is 5.91 Å². The van der Waals surface area contributed by atoms with Crippen LogP contribution in [0.5, 0.6) is 0 Å². The second kappa shape index (κ2) is 7.05. The Labute approximate surface area is 123 Å². The van der Waals surface area contributed by atoms with Gasteiger partial charge in [0.2, 0.25) is 0 Å². The summed E-state index contributed by atoms with van der Waals surface area (Å²) in [5, 5.41) is 12.4. The SMILES string of the molecule is C/C(O)=C(/C=Nc1ccccc1)C(=O)Nc1ccccc1. The smallest absolute Gasteiger partial charge is 0.260 e. The first-order valence-corrected chi connectivity index (χ1v) is 6.52. The fraction of sp³-hybridized carbons (Fsp3) is 0.0588. The number of amides is 1. The Morgan fingerprint density at radius 3 is 2.19 bits per heavy atom.